The first-order valence-corrected chi connectivity index (χ1v) is 7.36. The number of hydrogen-bond acceptors (Lipinski definition) is 5. The van der Waals surface area contributed by atoms with Crippen LogP contribution in [0.1, 0.15) is 47.0 Å². The average molecular weight is 287 g/mol. The van der Waals surface area contributed by atoms with Crippen LogP contribution in [-0.2, 0) is 19.1 Å². The number of rotatable bonds is 10. The molecule has 0 amide bonds. The number of ether oxygens (including phenoxy) is 2. The van der Waals surface area contributed by atoms with Crippen LogP contribution in [0.15, 0.2) is 0 Å². The van der Waals surface area contributed by atoms with Gasteiger partial charge in [-0.3, -0.25) is 9.59 Å². The SMILES string of the molecule is CN[C@@H](CC(=O)OCCC(C)C)C(=O)OCCC(C)C. The largest absolute Gasteiger partial charge is 0.466 e. The quantitative estimate of drug-likeness (QED) is 0.624. The van der Waals surface area contributed by atoms with E-state index in [0.717, 1.165) is 12.8 Å². The minimum atomic E-state index is -0.631. The third-order valence-corrected chi connectivity index (χ3v) is 2.90. The predicted octanol–water partition coefficient (Wildman–Crippen LogP) is 2.14. The highest BCUT2D eigenvalue weighted by Crippen LogP contribution is 2.04. The molecule has 20 heavy (non-hydrogen) atoms. The minimum Gasteiger partial charge on any atom is -0.466 e. The number of nitrogens with one attached hydrogen (secondary N) is 1. The zero-order valence-corrected chi connectivity index (χ0v) is 13.4. The van der Waals surface area contributed by atoms with E-state index in [-0.39, 0.29) is 12.4 Å². The summed E-state index contributed by atoms with van der Waals surface area (Å²) in [5.74, 6) is 0.209. The predicted molar refractivity (Wildman–Crippen MR) is 78.3 cm³/mol. The van der Waals surface area contributed by atoms with E-state index in [1.54, 1.807) is 7.05 Å². The summed E-state index contributed by atoms with van der Waals surface area (Å²) in [6.45, 7) is 9.05. The Morgan fingerprint density at radius 1 is 0.950 bits per heavy atom. The molecule has 0 heterocycles. The number of esters is 2. The molecule has 1 atom stereocenters. The van der Waals surface area contributed by atoms with Gasteiger partial charge >= 0.3 is 11.9 Å². The third kappa shape index (κ3) is 9.78. The second-order valence-corrected chi connectivity index (χ2v) is 5.80. The number of carbonyl (C=O) groups excluding carboxylic acids is 2. The summed E-state index contributed by atoms with van der Waals surface area (Å²) in [7, 11) is 1.63. The molecule has 0 saturated carbocycles. The summed E-state index contributed by atoms with van der Waals surface area (Å²) < 4.78 is 10.2. The van der Waals surface area contributed by atoms with Gasteiger partial charge in [0.05, 0.1) is 19.6 Å². The fourth-order valence-corrected chi connectivity index (χ4v) is 1.43. The van der Waals surface area contributed by atoms with Crippen LogP contribution in [0.25, 0.3) is 0 Å². The Morgan fingerprint density at radius 2 is 1.45 bits per heavy atom. The lowest BCUT2D eigenvalue weighted by atomic mass is 10.1. The van der Waals surface area contributed by atoms with E-state index < -0.39 is 12.0 Å². The van der Waals surface area contributed by atoms with E-state index in [4.69, 9.17) is 9.47 Å². The first kappa shape index (κ1) is 18.9. The Hall–Kier alpha value is -1.10. The summed E-state index contributed by atoms with van der Waals surface area (Å²) in [6.07, 6.45) is 1.66. The van der Waals surface area contributed by atoms with Crippen LogP contribution in [0, 0.1) is 11.8 Å². The molecule has 0 rings (SSSR count). The normalized spacial score (nSPS) is 12.6. The Morgan fingerprint density at radius 3 is 1.90 bits per heavy atom. The van der Waals surface area contributed by atoms with Gasteiger partial charge in [-0.05, 0) is 31.7 Å². The zero-order chi connectivity index (χ0) is 15.5. The van der Waals surface area contributed by atoms with Crippen molar-refractivity contribution in [1.82, 2.24) is 5.32 Å². The summed E-state index contributed by atoms with van der Waals surface area (Å²) in [4.78, 5) is 23.4. The van der Waals surface area contributed by atoms with E-state index in [1.165, 1.54) is 0 Å². The Balaban J connectivity index is 3.99. The average Bonchev–Trinajstić information content (AvgIpc) is 2.34. The first-order chi connectivity index (χ1) is 9.36. The molecule has 0 bridgehead atoms. The van der Waals surface area contributed by atoms with Crippen LogP contribution >= 0.6 is 0 Å². The van der Waals surface area contributed by atoms with Gasteiger partial charge in [0.15, 0.2) is 0 Å². The smallest absolute Gasteiger partial charge is 0.323 e. The van der Waals surface area contributed by atoms with Crippen molar-refractivity contribution >= 4 is 11.9 Å². The number of hydrogen-bond donors (Lipinski definition) is 1. The molecule has 0 aromatic carbocycles. The summed E-state index contributed by atoms with van der Waals surface area (Å²) in [5.41, 5.74) is 0. The van der Waals surface area contributed by atoms with Crippen molar-refractivity contribution in [3.63, 3.8) is 0 Å². The monoisotopic (exact) mass is 287 g/mol. The molecule has 5 nitrogen and oxygen atoms in total. The van der Waals surface area contributed by atoms with E-state index in [2.05, 4.69) is 33.0 Å². The fraction of sp³-hybridized carbons (Fsp3) is 0.867. The Bertz CT molecular complexity index is 290. The first-order valence-electron chi connectivity index (χ1n) is 7.36. The lowest BCUT2D eigenvalue weighted by Gasteiger charge is -2.15. The molecule has 0 saturated heterocycles. The van der Waals surface area contributed by atoms with Crippen molar-refractivity contribution in [3.05, 3.63) is 0 Å². The molecule has 0 aromatic heterocycles. The van der Waals surface area contributed by atoms with Crippen molar-refractivity contribution in [2.24, 2.45) is 11.8 Å². The van der Waals surface area contributed by atoms with Crippen LogP contribution in [-0.4, -0.2) is 38.2 Å². The maximum absolute atomic E-state index is 11.8. The standard InChI is InChI=1S/C15H29NO4/c1-11(2)6-8-19-14(17)10-13(16-5)15(18)20-9-7-12(3)4/h11-13,16H,6-10H2,1-5H3/t13-/m0/s1. The van der Waals surface area contributed by atoms with E-state index in [1.807, 2.05) is 0 Å². The third-order valence-electron chi connectivity index (χ3n) is 2.90. The molecule has 0 aromatic rings. The van der Waals surface area contributed by atoms with E-state index in [9.17, 15) is 9.59 Å². The highest BCUT2D eigenvalue weighted by atomic mass is 16.5. The molecule has 0 aliphatic carbocycles. The van der Waals surface area contributed by atoms with Crippen molar-refractivity contribution in [3.8, 4) is 0 Å². The minimum absolute atomic E-state index is 0.00903. The second-order valence-electron chi connectivity index (χ2n) is 5.80. The zero-order valence-electron chi connectivity index (χ0n) is 13.4. The van der Waals surface area contributed by atoms with Crippen molar-refractivity contribution in [2.75, 3.05) is 20.3 Å². The van der Waals surface area contributed by atoms with Crippen LogP contribution in [0.2, 0.25) is 0 Å². The van der Waals surface area contributed by atoms with Crippen LogP contribution in [0.4, 0.5) is 0 Å². The molecular weight excluding hydrogens is 258 g/mol. The number of likely N-dealkylation sites (N-methyl/N-ethyl adjacent to an activating group) is 1. The Labute approximate surface area is 122 Å². The summed E-state index contributed by atoms with van der Waals surface area (Å²) >= 11 is 0. The number of carbonyl (C=O) groups is 2. The molecule has 118 valence electrons. The molecule has 1 N–H and O–H groups in total. The highest BCUT2D eigenvalue weighted by Gasteiger charge is 2.22. The van der Waals surface area contributed by atoms with E-state index in [0.29, 0.717) is 25.0 Å². The van der Waals surface area contributed by atoms with Gasteiger partial charge in [-0.25, -0.2) is 0 Å². The molecule has 0 aliphatic rings. The van der Waals surface area contributed by atoms with Gasteiger partial charge in [0.2, 0.25) is 0 Å². The van der Waals surface area contributed by atoms with Gasteiger partial charge in [0, 0.05) is 0 Å². The lowest BCUT2D eigenvalue weighted by molar-refractivity contribution is -0.153. The van der Waals surface area contributed by atoms with Gasteiger partial charge in [-0.2, -0.15) is 0 Å². The van der Waals surface area contributed by atoms with Gasteiger partial charge in [-0.15, -0.1) is 0 Å². The molecule has 0 unspecified atom stereocenters. The van der Waals surface area contributed by atoms with Gasteiger partial charge < -0.3 is 14.8 Å². The highest BCUT2D eigenvalue weighted by molar-refractivity contribution is 5.82. The molecular formula is C15H29NO4. The molecule has 0 spiro atoms. The van der Waals surface area contributed by atoms with Crippen molar-refractivity contribution in [2.45, 2.75) is 53.0 Å². The summed E-state index contributed by atoms with van der Waals surface area (Å²) in [6, 6.07) is -0.631. The van der Waals surface area contributed by atoms with Crippen LogP contribution in [0.5, 0.6) is 0 Å². The van der Waals surface area contributed by atoms with Gasteiger partial charge in [0.1, 0.15) is 6.04 Å². The maximum atomic E-state index is 11.8. The summed E-state index contributed by atoms with van der Waals surface area (Å²) in [5, 5.41) is 2.79. The van der Waals surface area contributed by atoms with Gasteiger partial charge in [0.25, 0.3) is 0 Å². The molecule has 0 radical (unpaired) electrons. The fourth-order valence-electron chi connectivity index (χ4n) is 1.43. The van der Waals surface area contributed by atoms with Crippen LogP contribution in [0.3, 0.4) is 0 Å². The van der Waals surface area contributed by atoms with Crippen LogP contribution < -0.4 is 5.32 Å². The lowest BCUT2D eigenvalue weighted by Crippen LogP contribution is -2.38. The van der Waals surface area contributed by atoms with Crippen molar-refractivity contribution < 1.29 is 19.1 Å². The molecule has 0 aliphatic heterocycles. The second kappa shape index (κ2) is 10.7. The van der Waals surface area contributed by atoms with Crippen molar-refractivity contribution in [1.29, 1.82) is 0 Å². The maximum Gasteiger partial charge on any atom is 0.323 e. The van der Waals surface area contributed by atoms with Gasteiger partial charge in [-0.1, -0.05) is 27.7 Å². The Kier molecular flexibility index (Phi) is 10.1. The molecule has 0 fully saturated rings. The van der Waals surface area contributed by atoms with E-state index >= 15 is 0 Å². The topological polar surface area (TPSA) is 64.6 Å². The molecule has 5 heteroatoms.